The van der Waals surface area contributed by atoms with Crippen molar-refractivity contribution < 1.29 is 0 Å². The zero-order valence-corrected chi connectivity index (χ0v) is 11.5. The van der Waals surface area contributed by atoms with Gasteiger partial charge < -0.3 is 0 Å². The molecule has 0 bridgehead atoms. The highest BCUT2D eigenvalue weighted by atomic mass is 14.2. The largest absolute Gasteiger partial charge is 0.170 e. The van der Waals surface area contributed by atoms with Crippen LogP contribution in [0.5, 0.6) is 0 Å². The average Bonchev–Trinajstić information content (AvgIpc) is 2.26. The zero-order chi connectivity index (χ0) is 12.6. The Balaban J connectivity index is 2.76. The van der Waals surface area contributed by atoms with E-state index in [4.69, 9.17) is 0 Å². The van der Waals surface area contributed by atoms with E-state index in [0.717, 1.165) is 0 Å². The number of benzene rings is 2. The second-order valence-corrected chi connectivity index (χ2v) is 6.19. The van der Waals surface area contributed by atoms with E-state index in [1.165, 1.54) is 21.8 Å². The van der Waals surface area contributed by atoms with Crippen LogP contribution in [-0.4, -0.2) is 6.71 Å². The first-order valence-corrected chi connectivity index (χ1v) is 6.43. The van der Waals surface area contributed by atoms with Gasteiger partial charge in [0, 0.05) is 0 Å². The lowest BCUT2D eigenvalue weighted by Gasteiger charge is -2.22. The van der Waals surface area contributed by atoms with Gasteiger partial charge >= 0.3 is 0 Å². The van der Waals surface area contributed by atoms with Crippen LogP contribution >= 0.6 is 0 Å². The first-order chi connectivity index (χ1) is 7.89. The molecule has 2 aromatic carbocycles. The minimum atomic E-state index is 0.216. The maximum atomic E-state index is 2.38. The van der Waals surface area contributed by atoms with Crippen molar-refractivity contribution in [1.82, 2.24) is 0 Å². The molecule has 0 aliphatic heterocycles. The standard InChI is InChI=1S/C16H21B/c1-16(2,3)13-10-12-8-6-7-9-14(12)15(11-13)17(4)5/h6-11H,1-5H3. The summed E-state index contributed by atoms with van der Waals surface area (Å²) in [5.74, 6) is 0. The van der Waals surface area contributed by atoms with Gasteiger partial charge in [0.05, 0.1) is 0 Å². The molecule has 0 aliphatic rings. The van der Waals surface area contributed by atoms with Crippen LogP contribution in [0.1, 0.15) is 26.3 Å². The maximum Gasteiger partial charge on any atom is 0.170 e. The number of hydrogen-bond donors (Lipinski definition) is 0. The van der Waals surface area contributed by atoms with E-state index in [9.17, 15) is 0 Å². The lowest BCUT2D eigenvalue weighted by molar-refractivity contribution is 0.591. The number of hydrogen-bond acceptors (Lipinski definition) is 0. The topological polar surface area (TPSA) is 0 Å². The molecule has 0 heterocycles. The molecule has 0 N–H and O–H groups in total. The Hall–Kier alpha value is -1.24. The number of rotatable bonds is 1. The van der Waals surface area contributed by atoms with Crippen molar-refractivity contribution >= 4 is 22.9 Å². The quantitative estimate of drug-likeness (QED) is 0.640. The van der Waals surface area contributed by atoms with E-state index < -0.39 is 0 Å². The Morgan fingerprint density at radius 1 is 0.941 bits per heavy atom. The van der Waals surface area contributed by atoms with E-state index in [-0.39, 0.29) is 5.41 Å². The van der Waals surface area contributed by atoms with Crippen LogP contribution in [0.25, 0.3) is 10.8 Å². The minimum Gasteiger partial charge on any atom is -0.0819 e. The van der Waals surface area contributed by atoms with Gasteiger partial charge in [-0.05, 0) is 21.8 Å². The third kappa shape index (κ3) is 2.38. The molecule has 2 rings (SSSR count). The highest BCUT2D eigenvalue weighted by Gasteiger charge is 2.17. The molecule has 0 saturated heterocycles. The van der Waals surface area contributed by atoms with Gasteiger partial charge in [-0.15, -0.1) is 0 Å². The summed E-state index contributed by atoms with van der Waals surface area (Å²) in [5, 5.41) is 2.76. The Bertz CT molecular complexity index is 533. The second kappa shape index (κ2) is 4.21. The highest BCUT2D eigenvalue weighted by Crippen LogP contribution is 2.25. The fourth-order valence-corrected chi connectivity index (χ4v) is 2.25. The van der Waals surface area contributed by atoms with Gasteiger partial charge in [-0.3, -0.25) is 0 Å². The lowest BCUT2D eigenvalue weighted by Crippen LogP contribution is -2.26. The van der Waals surface area contributed by atoms with Gasteiger partial charge in [0.15, 0.2) is 6.71 Å². The van der Waals surface area contributed by atoms with E-state index in [1.807, 2.05) is 0 Å². The molecule has 0 atom stereocenters. The normalized spacial score (nSPS) is 11.8. The molecular weight excluding hydrogens is 203 g/mol. The molecule has 2 aromatic rings. The van der Waals surface area contributed by atoms with E-state index in [0.29, 0.717) is 6.71 Å². The van der Waals surface area contributed by atoms with Crippen LogP contribution in [0.2, 0.25) is 13.6 Å². The Labute approximate surface area is 105 Å². The molecule has 0 radical (unpaired) electrons. The lowest BCUT2D eigenvalue weighted by atomic mass is 9.48. The van der Waals surface area contributed by atoms with Crippen molar-refractivity contribution in [2.45, 2.75) is 39.8 Å². The van der Waals surface area contributed by atoms with Gasteiger partial charge in [-0.1, -0.05) is 76.3 Å². The summed E-state index contributed by atoms with van der Waals surface area (Å²) in [6, 6.07) is 13.4. The molecule has 1 heteroatoms. The summed E-state index contributed by atoms with van der Waals surface area (Å²) < 4.78 is 0. The van der Waals surface area contributed by atoms with Gasteiger partial charge in [0.2, 0.25) is 0 Å². The highest BCUT2D eigenvalue weighted by molar-refractivity contribution is 6.73. The molecule has 88 valence electrons. The van der Waals surface area contributed by atoms with Crippen LogP contribution < -0.4 is 5.46 Å². The fraction of sp³-hybridized carbons (Fsp3) is 0.375. The molecule has 17 heavy (non-hydrogen) atoms. The maximum absolute atomic E-state index is 2.38. The van der Waals surface area contributed by atoms with Crippen molar-refractivity contribution in [3.8, 4) is 0 Å². The summed E-state index contributed by atoms with van der Waals surface area (Å²) >= 11 is 0. The van der Waals surface area contributed by atoms with E-state index in [2.05, 4.69) is 70.8 Å². The Morgan fingerprint density at radius 3 is 2.18 bits per heavy atom. The summed E-state index contributed by atoms with van der Waals surface area (Å²) in [7, 11) is 0. The monoisotopic (exact) mass is 224 g/mol. The Kier molecular flexibility index (Phi) is 3.03. The number of fused-ring (bicyclic) bond motifs is 1. The summed E-state index contributed by atoms with van der Waals surface area (Å²) in [5.41, 5.74) is 3.11. The van der Waals surface area contributed by atoms with E-state index >= 15 is 0 Å². The van der Waals surface area contributed by atoms with Gasteiger partial charge in [0.1, 0.15) is 0 Å². The van der Waals surface area contributed by atoms with Crippen molar-refractivity contribution in [1.29, 1.82) is 0 Å². The first kappa shape index (κ1) is 12.2. The summed E-state index contributed by atoms with van der Waals surface area (Å²) in [6.45, 7) is 12.0. The molecular formula is C16H21B. The first-order valence-electron chi connectivity index (χ1n) is 6.43. The van der Waals surface area contributed by atoms with Crippen molar-refractivity contribution in [2.75, 3.05) is 0 Å². The van der Waals surface area contributed by atoms with Crippen LogP contribution in [-0.2, 0) is 5.41 Å². The summed E-state index contributed by atoms with van der Waals surface area (Å²) in [6.07, 6.45) is 0. The van der Waals surface area contributed by atoms with Gasteiger partial charge in [-0.2, -0.15) is 0 Å². The molecule has 0 spiro atoms. The van der Waals surface area contributed by atoms with Crippen LogP contribution in [0.15, 0.2) is 36.4 Å². The van der Waals surface area contributed by atoms with Crippen LogP contribution in [0.3, 0.4) is 0 Å². The van der Waals surface area contributed by atoms with Crippen LogP contribution in [0.4, 0.5) is 0 Å². The van der Waals surface area contributed by atoms with E-state index in [1.54, 1.807) is 0 Å². The zero-order valence-electron chi connectivity index (χ0n) is 11.5. The third-order valence-corrected chi connectivity index (χ3v) is 3.38. The molecule has 0 aromatic heterocycles. The predicted molar refractivity (Wildman–Crippen MR) is 79.8 cm³/mol. The molecule has 0 fully saturated rings. The van der Waals surface area contributed by atoms with Gasteiger partial charge in [0.25, 0.3) is 0 Å². The molecule has 0 saturated carbocycles. The minimum absolute atomic E-state index is 0.216. The molecule has 0 unspecified atom stereocenters. The van der Waals surface area contributed by atoms with Crippen molar-refractivity contribution in [2.24, 2.45) is 0 Å². The Morgan fingerprint density at radius 2 is 1.59 bits per heavy atom. The van der Waals surface area contributed by atoms with Crippen molar-refractivity contribution in [3.63, 3.8) is 0 Å². The summed E-state index contributed by atoms with van der Waals surface area (Å²) in [4.78, 5) is 0. The smallest absolute Gasteiger partial charge is 0.0819 e. The van der Waals surface area contributed by atoms with Gasteiger partial charge in [-0.25, -0.2) is 0 Å². The molecule has 0 amide bonds. The van der Waals surface area contributed by atoms with Crippen molar-refractivity contribution in [3.05, 3.63) is 42.0 Å². The second-order valence-electron chi connectivity index (χ2n) is 6.19. The molecule has 0 nitrogen and oxygen atoms in total. The third-order valence-electron chi connectivity index (χ3n) is 3.38. The molecule has 0 aliphatic carbocycles. The average molecular weight is 224 g/mol. The fourth-order valence-electron chi connectivity index (χ4n) is 2.25. The SMILES string of the molecule is CB(C)c1cc(C(C)(C)C)cc2ccccc12. The predicted octanol–water partition coefficient (Wildman–Crippen LogP) is 4.10. The van der Waals surface area contributed by atoms with Crippen LogP contribution in [0, 0.1) is 0 Å².